The molecule has 0 saturated carbocycles. The average Bonchev–Trinajstić information content (AvgIpc) is 2.39. The maximum atomic E-state index is 5.08. The van der Waals surface area contributed by atoms with Crippen LogP contribution in [-0.4, -0.2) is 38.8 Å². The first-order valence-corrected chi connectivity index (χ1v) is 6.83. The zero-order chi connectivity index (χ0) is 12.8. The minimum Gasteiger partial charge on any atom is -0.385 e. The second kappa shape index (κ2) is 6.76. The summed E-state index contributed by atoms with van der Waals surface area (Å²) < 4.78 is 5.08. The summed E-state index contributed by atoms with van der Waals surface area (Å²) in [5.41, 5.74) is 4.22. The molecule has 1 aliphatic rings. The van der Waals surface area contributed by atoms with Gasteiger partial charge in [-0.25, -0.2) is 0 Å². The predicted octanol–water partition coefficient (Wildman–Crippen LogP) is 2.51. The molecule has 0 aliphatic carbocycles. The number of rotatable bonds is 6. The molecule has 0 amide bonds. The second-order valence-electron chi connectivity index (χ2n) is 5.11. The summed E-state index contributed by atoms with van der Waals surface area (Å²) in [6, 6.07) is 6.82. The van der Waals surface area contributed by atoms with Crippen molar-refractivity contribution in [3.63, 3.8) is 0 Å². The van der Waals surface area contributed by atoms with E-state index in [2.05, 4.69) is 35.5 Å². The van der Waals surface area contributed by atoms with Crippen LogP contribution in [0.3, 0.4) is 0 Å². The second-order valence-corrected chi connectivity index (χ2v) is 5.11. The molecule has 0 radical (unpaired) electrons. The van der Waals surface area contributed by atoms with Gasteiger partial charge in [-0.2, -0.15) is 0 Å². The van der Waals surface area contributed by atoms with Crippen LogP contribution in [0.5, 0.6) is 0 Å². The molecule has 0 unspecified atom stereocenters. The van der Waals surface area contributed by atoms with Crippen molar-refractivity contribution in [2.75, 3.05) is 39.2 Å². The number of nitrogens with zero attached hydrogens (tertiary/aromatic N) is 1. The molecule has 1 heterocycles. The SMILES string of the molecule is COCCCN(C)Cc1ccc2c(c1)CCCN2. The molecule has 0 aromatic heterocycles. The highest BCUT2D eigenvalue weighted by atomic mass is 16.5. The maximum Gasteiger partial charge on any atom is 0.0474 e. The van der Waals surface area contributed by atoms with E-state index in [4.69, 9.17) is 4.74 Å². The number of ether oxygens (including phenoxy) is 1. The van der Waals surface area contributed by atoms with E-state index in [0.29, 0.717) is 0 Å². The van der Waals surface area contributed by atoms with Crippen molar-refractivity contribution in [3.05, 3.63) is 29.3 Å². The van der Waals surface area contributed by atoms with E-state index in [1.165, 1.54) is 29.7 Å². The summed E-state index contributed by atoms with van der Waals surface area (Å²) in [6.45, 7) is 4.07. The molecule has 2 rings (SSSR count). The lowest BCUT2D eigenvalue weighted by molar-refractivity contribution is 0.178. The fourth-order valence-corrected chi connectivity index (χ4v) is 2.50. The zero-order valence-corrected chi connectivity index (χ0v) is 11.5. The molecule has 1 N–H and O–H groups in total. The minimum absolute atomic E-state index is 0.846. The van der Waals surface area contributed by atoms with Crippen molar-refractivity contribution < 1.29 is 4.74 Å². The first kappa shape index (κ1) is 13.4. The van der Waals surface area contributed by atoms with Gasteiger partial charge >= 0.3 is 0 Å². The number of benzene rings is 1. The quantitative estimate of drug-likeness (QED) is 0.783. The molecular weight excluding hydrogens is 224 g/mol. The summed E-state index contributed by atoms with van der Waals surface area (Å²) in [5, 5.41) is 3.45. The maximum absolute atomic E-state index is 5.08. The van der Waals surface area contributed by atoms with Crippen molar-refractivity contribution in [2.24, 2.45) is 0 Å². The van der Waals surface area contributed by atoms with Gasteiger partial charge in [-0.3, -0.25) is 0 Å². The summed E-state index contributed by atoms with van der Waals surface area (Å²) >= 11 is 0. The van der Waals surface area contributed by atoms with Gasteiger partial charge in [0.05, 0.1) is 0 Å². The van der Waals surface area contributed by atoms with Gasteiger partial charge < -0.3 is 15.0 Å². The molecule has 1 aromatic rings. The topological polar surface area (TPSA) is 24.5 Å². The molecule has 1 aromatic carbocycles. The highest BCUT2D eigenvalue weighted by Crippen LogP contribution is 2.23. The van der Waals surface area contributed by atoms with Gasteiger partial charge in [0.25, 0.3) is 0 Å². The van der Waals surface area contributed by atoms with Gasteiger partial charge in [0.15, 0.2) is 0 Å². The molecule has 1 aliphatic heterocycles. The van der Waals surface area contributed by atoms with Crippen LogP contribution in [0, 0.1) is 0 Å². The van der Waals surface area contributed by atoms with E-state index in [-0.39, 0.29) is 0 Å². The summed E-state index contributed by atoms with van der Waals surface area (Å²) in [5.74, 6) is 0. The van der Waals surface area contributed by atoms with Crippen molar-refractivity contribution in [1.82, 2.24) is 4.90 Å². The van der Waals surface area contributed by atoms with Crippen LogP contribution in [0.2, 0.25) is 0 Å². The number of hydrogen-bond donors (Lipinski definition) is 1. The van der Waals surface area contributed by atoms with Crippen molar-refractivity contribution in [3.8, 4) is 0 Å². The first-order valence-electron chi connectivity index (χ1n) is 6.83. The van der Waals surface area contributed by atoms with Crippen LogP contribution < -0.4 is 5.32 Å². The zero-order valence-electron chi connectivity index (χ0n) is 11.5. The molecule has 0 saturated heterocycles. The monoisotopic (exact) mass is 248 g/mol. The molecule has 3 heteroatoms. The van der Waals surface area contributed by atoms with E-state index in [1.807, 2.05) is 0 Å². The number of fused-ring (bicyclic) bond motifs is 1. The van der Waals surface area contributed by atoms with Gasteiger partial charge in [0.2, 0.25) is 0 Å². The van der Waals surface area contributed by atoms with E-state index in [0.717, 1.165) is 32.7 Å². The van der Waals surface area contributed by atoms with Gasteiger partial charge in [-0.1, -0.05) is 12.1 Å². The fraction of sp³-hybridized carbons (Fsp3) is 0.600. The van der Waals surface area contributed by atoms with Gasteiger partial charge in [0.1, 0.15) is 0 Å². The highest BCUT2D eigenvalue weighted by Gasteiger charge is 2.09. The van der Waals surface area contributed by atoms with E-state index < -0.39 is 0 Å². The van der Waals surface area contributed by atoms with Crippen LogP contribution in [0.4, 0.5) is 5.69 Å². The fourth-order valence-electron chi connectivity index (χ4n) is 2.50. The minimum atomic E-state index is 0.846. The van der Waals surface area contributed by atoms with Gasteiger partial charge in [-0.05, 0) is 43.5 Å². The molecule has 0 atom stereocenters. The summed E-state index contributed by atoms with van der Waals surface area (Å²) in [6.07, 6.45) is 3.56. The lowest BCUT2D eigenvalue weighted by Gasteiger charge is -2.21. The van der Waals surface area contributed by atoms with Crippen LogP contribution in [0.25, 0.3) is 0 Å². The van der Waals surface area contributed by atoms with Crippen molar-refractivity contribution >= 4 is 5.69 Å². The molecular formula is C15H24N2O. The van der Waals surface area contributed by atoms with E-state index in [1.54, 1.807) is 7.11 Å². The Morgan fingerprint density at radius 2 is 2.28 bits per heavy atom. The summed E-state index contributed by atoms with van der Waals surface area (Å²) in [7, 11) is 3.93. The van der Waals surface area contributed by atoms with Crippen molar-refractivity contribution in [2.45, 2.75) is 25.8 Å². The summed E-state index contributed by atoms with van der Waals surface area (Å²) in [4.78, 5) is 2.36. The number of methoxy groups -OCH3 is 1. The van der Waals surface area contributed by atoms with Crippen LogP contribution in [0.15, 0.2) is 18.2 Å². The Morgan fingerprint density at radius 1 is 1.39 bits per heavy atom. The van der Waals surface area contributed by atoms with Crippen molar-refractivity contribution in [1.29, 1.82) is 0 Å². The Bertz CT molecular complexity index is 379. The third-order valence-corrected chi connectivity index (χ3v) is 3.45. The Hall–Kier alpha value is -1.06. The Kier molecular flexibility index (Phi) is 5.02. The number of hydrogen-bond acceptors (Lipinski definition) is 3. The molecule has 100 valence electrons. The van der Waals surface area contributed by atoms with Crippen LogP contribution in [0.1, 0.15) is 24.0 Å². The Labute approximate surface area is 110 Å². The van der Waals surface area contributed by atoms with Crippen LogP contribution >= 0.6 is 0 Å². The van der Waals surface area contributed by atoms with E-state index >= 15 is 0 Å². The smallest absolute Gasteiger partial charge is 0.0474 e. The lowest BCUT2D eigenvalue weighted by Crippen LogP contribution is -2.20. The van der Waals surface area contributed by atoms with Gasteiger partial charge in [0, 0.05) is 39.0 Å². The largest absolute Gasteiger partial charge is 0.385 e. The number of aryl methyl sites for hydroxylation is 1. The molecule has 3 nitrogen and oxygen atoms in total. The predicted molar refractivity (Wildman–Crippen MR) is 76.1 cm³/mol. The third-order valence-electron chi connectivity index (χ3n) is 3.45. The number of nitrogens with one attached hydrogen (secondary N) is 1. The molecule has 0 bridgehead atoms. The molecule has 18 heavy (non-hydrogen) atoms. The standard InChI is InChI=1S/C15H24N2O/c1-17(9-4-10-18-2)12-13-6-7-15-14(11-13)5-3-8-16-15/h6-7,11,16H,3-5,8-10,12H2,1-2H3. The average molecular weight is 248 g/mol. The van der Waals surface area contributed by atoms with E-state index in [9.17, 15) is 0 Å². The lowest BCUT2D eigenvalue weighted by atomic mass is 10.0. The van der Waals surface area contributed by atoms with Crippen LogP contribution in [-0.2, 0) is 17.7 Å². The normalized spacial score (nSPS) is 14.4. The molecule has 0 spiro atoms. The third kappa shape index (κ3) is 3.72. The highest BCUT2D eigenvalue weighted by molar-refractivity contribution is 5.54. The Balaban J connectivity index is 1.89. The Morgan fingerprint density at radius 3 is 3.11 bits per heavy atom. The number of anilines is 1. The molecule has 0 fully saturated rings. The first-order chi connectivity index (χ1) is 8.79. The van der Waals surface area contributed by atoms with Gasteiger partial charge in [-0.15, -0.1) is 0 Å².